The summed E-state index contributed by atoms with van der Waals surface area (Å²) in [6.45, 7) is 7.95. The summed E-state index contributed by atoms with van der Waals surface area (Å²) < 4.78 is 26.3. The van der Waals surface area contributed by atoms with Crippen molar-refractivity contribution in [2.45, 2.75) is 34.1 Å². The van der Waals surface area contributed by atoms with Crippen molar-refractivity contribution in [3.63, 3.8) is 0 Å². The Balaban J connectivity index is 4.27. The quantitative estimate of drug-likeness (QED) is 0.523. The van der Waals surface area contributed by atoms with Crippen molar-refractivity contribution in [1.29, 1.82) is 0 Å². The first-order chi connectivity index (χ1) is 7.08. The van der Waals surface area contributed by atoms with Gasteiger partial charge in [0.15, 0.2) is 0 Å². The summed E-state index contributed by atoms with van der Waals surface area (Å²) in [5.74, 6) is 3.01. The Labute approximate surface area is 91.9 Å². The van der Waals surface area contributed by atoms with Gasteiger partial charge in [0.1, 0.15) is 6.11 Å². The van der Waals surface area contributed by atoms with E-state index in [9.17, 15) is 4.57 Å². The zero-order chi connectivity index (χ0) is 11.7. The molecule has 1 atom stereocenters. The molecular weight excluding hydrogens is 215 g/mol. The van der Waals surface area contributed by atoms with E-state index in [-0.39, 0.29) is 19.1 Å². The second-order valence-corrected chi connectivity index (χ2v) is 4.52. The number of phosphoric acid groups is 1. The van der Waals surface area contributed by atoms with Gasteiger partial charge in [-0.25, -0.2) is 4.57 Å². The van der Waals surface area contributed by atoms with Gasteiger partial charge < -0.3 is 4.52 Å². The minimum Gasteiger partial charge on any atom is -0.350 e. The van der Waals surface area contributed by atoms with E-state index in [1.807, 2.05) is 13.8 Å². The molecular formula is C10H19O4P. The lowest BCUT2D eigenvalue weighted by atomic mass is 10.1. The van der Waals surface area contributed by atoms with E-state index in [0.717, 1.165) is 6.42 Å². The van der Waals surface area contributed by atoms with E-state index in [2.05, 4.69) is 12.0 Å². The molecule has 1 unspecified atom stereocenters. The molecule has 15 heavy (non-hydrogen) atoms. The van der Waals surface area contributed by atoms with Crippen LogP contribution < -0.4 is 0 Å². The van der Waals surface area contributed by atoms with Crippen LogP contribution in [0.3, 0.4) is 0 Å². The highest BCUT2D eigenvalue weighted by atomic mass is 31.2. The Morgan fingerprint density at radius 1 is 1.20 bits per heavy atom. The maximum absolute atomic E-state index is 11.7. The lowest BCUT2D eigenvalue weighted by Gasteiger charge is -2.12. The van der Waals surface area contributed by atoms with Crippen LogP contribution in [-0.4, -0.2) is 13.2 Å². The van der Waals surface area contributed by atoms with Crippen molar-refractivity contribution in [3.8, 4) is 12.0 Å². The molecule has 0 aromatic rings. The van der Waals surface area contributed by atoms with Crippen LogP contribution in [-0.2, 0) is 18.1 Å². The molecule has 88 valence electrons. The summed E-state index contributed by atoms with van der Waals surface area (Å²) in [4.78, 5) is 0. The molecule has 0 aliphatic rings. The third kappa shape index (κ3) is 6.57. The van der Waals surface area contributed by atoms with Gasteiger partial charge in [0.05, 0.1) is 13.2 Å². The molecule has 0 N–H and O–H groups in total. The summed E-state index contributed by atoms with van der Waals surface area (Å²) in [5.41, 5.74) is 0. The minimum atomic E-state index is -3.46. The van der Waals surface area contributed by atoms with Crippen molar-refractivity contribution in [3.05, 3.63) is 0 Å². The largest absolute Gasteiger partial charge is 0.538 e. The van der Waals surface area contributed by atoms with Crippen LogP contribution in [0.15, 0.2) is 0 Å². The van der Waals surface area contributed by atoms with Crippen molar-refractivity contribution in [2.75, 3.05) is 13.2 Å². The molecule has 0 aromatic heterocycles. The Kier molecular flexibility index (Phi) is 7.50. The average molecular weight is 234 g/mol. The molecule has 0 aliphatic carbocycles. The summed E-state index contributed by atoms with van der Waals surface area (Å²) in [7, 11) is -3.46. The maximum atomic E-state index is 11.7. The van der Waals surface area contributed by atoms with Crippen LogP contribution in [0.2, 0.25) is 0 Å². The van der Waals surface area contributed by atoms with Crippen LogP contribution >= 0.6 is 7.82 Å². The van der Waals surface area contributed by atoms with Crippen molar-refractivity contribution < 1.29 is 18.1 Å². The van der Waals surface area contributed by atoms with Gasteiger partial charge >= 0.3 is 7.82 Å². The SMILES string of the molecule is CCOP(=O)(OC#CC(C)CC)OCC. The molecule has 0 radical (unpaired) electrons. The first-order valence-corrected chi connectivity index (χ1v) is 6.62. The molecule has 0 saturated carbocycles. The van der Waals surface area contributed by atoms with Gasteiger partial charge in [-0.1, -0.05) is 19.8 Å². The van der Waals surface area contributed by atoms with Gasteiger partial charge in [-0.05, 0) is 20.3 Å². The highest BCUT2D eigenvalue weighted by molar-refractivity contribution is 7.48. The molecule has 0 amide bonds. The van der Waals surface area contributed by atoms with Crippen LogP contribution in [0.25, 0.3) is 0 Å². The normalized spacial score (nSPS) is 12.8. The second kappa shape index (κ2) is 7.76. The average Bonchev–Trinajstić information content (AvgIpc) is 2.18. The topological polar surface area (TPSA) is 44.8 Å². The number of phosphoric ester groups is 1. The smallest absolute Gasteiger partial charge is 0.350 e. The Hall–Kier alpha value is -0.490. The molecule has 0 heterocycles. The summed E-state index contributed by atoms with van der Waals surface area (Å²) in [6, 6.07) is 0. The lowest BCUT2D eigenvalue weighted by molar-refractivity contribution is 0.159. The fraction of sp³-hybridized carbons (Fsp3) is 0.800. The lowest BCUT2D eigenvalue weighted by Crippen LogP contribution is -1.97. The monoisotopic (exact) mass is 234 g/mol. The number of hydrogen-bond acceptors (Lipinski definition) is 4. The van der Waals surface area contributed by atoms with Crippen LogP contribution in [0.5, 0.6) is 0 Å². The zero-order valence-corrected chi connectivity index (χ0v) is 10.7. The second-order valence-electron chi connectivity index (χ2n) is 2.93. The minimum absolute atomic E-state index is 0.210. The molecule has 0 rings (SSSR count). The van der Waals surface area contributed by atoms with Crippen molar-refractivity contribution in [2.24, 2.45) is 5.92 Å². The molecule has 5 heteroatoms. The highest BCUT2D eigenvalue weighted by Gasteiger charge is 2.25. The molecule has 0 spiro atoms. The van der Waals surface area contributed by atoms with E-state index in [1.54, 1.807) is 13.8 Å². The Bertz CT molecular complexity index is 256. The molecule has 0 saturated heterocycles. The predicted octanol–water partition coefficient (Wildman–Crippen LogP) is 3.19. The Morgan fingerprint density at radius 3 is 2.13 bits per heavy atom. The third-order valence-corrected chi connectivity index (χ3v) is 3.11. The molecule has 0 fully saturated rings. The maximum Gasteiger partial charge on any atom is 0.538 e. The van der Waals surface area contributed by atoms with Crippen molar-refractivity contribution in [1.82, 2.24) is 0 Å². The fourth-order valence-electron chi connectivity index (χ4n) is 0.691. The van der Waals surface area contributed by atoms with Crippen LogP contribution in [0.4, 0.5) is 0 Å². The van der Waals surface area contributed by atoms with Crippen molar-refractivity contribution >= 4 is 7.82 Å². The van der Waals surface area contributed by atoms with Gasteiger partial charge in [0.2, 0.25) is 0 Å². The third-order valence-electron chi connectivity index (χ3n) is 1.65. The Morgan fingerprint density at radius 2 is 1.73 bits per heavy atom. The van der Waals surface area contributed by atoms with E-state index >= 15 is 0 Å². The summed E-state index contributed by atoms with van der Waals surface area (Å²) in [5, 5.41) is 0. The first kappa shape index (κ1) is 14.5. The molecule has 0 aliphatic heterocycles. The number of hydrogen-bond donors (Lipinski definition) is 0. The first-order valence-electron chi connectivity index (χ1n) is 5.16. The molecule has 4 nitrogen and oxygen atoms in total. The van der Waals surface area contributed by atoms with E-state index in [0.29, 0.717) is 0 Å². The van der Waals surface area contributed by atoms with Gasteiger partial charge in [0, 0.05) is 5.92 Å². The number of rotatable bonds is 6. The van der Waals surface area contributed by atoms with E-state index in [1.165, 1.54) is 0 Å². The van der Waals surface area contributed by atoms with E-state index in [4.69, 9.17) is 13.6 Å². The van der Waals surface area contributed by atoms with Crippen LogP contribution in [0.1, 0.15) is 34.1 Å². The standard InChI is InChI=1S/C10H19O4P/c1-5-10(4)8-9-14-15(11,12-6-2)13-7-3/h10H,5-7H2,1-4H3. The highest BCUT2D eigenvalue weighted by Crippen LogP contribution is 2.48. The van der Waals surface area contributed by atoms with Gasteiger partial charge in [-0.15, -0.1) is 0 Å². The van der Waals surface area contributed by atoms with Crippen LogP contribution in [0, 0.1) is 17.9 Å². The molecule has 0 bridgehead atoms. The zero-order valence-electron chi connectivity index (χ0n) is 9.78. The predicted molar refractivity (Wildman–Crippen MR) is 59.2 cm³/mol. The summed E-state index contributed by atoms with van der Waals surface area (Å²) in [6.07, 6.45) is 3.30. The van der Waals surface area contributed by atoms with Gasteiger partial charge in [-0.2, -0.15) is 0 Å². The molecule has 0 aromatic carbocycles. The summed E-state index contributed by atoms with van der Waals surface area (Å²) >= 11 is 0. The fourth-order valence-corrected chi connectivity index (χ4v) is 1.67. The van der Waals surface area contributed by atoms with Gasteiger partial charge in [-0.3, -0.25) is 9.05 Å². The van der Waals surface area contributed by atoms with E-state index < -0.39 is 7.82 Å². The van der Waals surface area contributed by atoms with Gasteiger partial charge in [0.25, 0.3) is 0 Å².